The molecule has 0 aliphatic heterocycles. The summed E-state index contributed by atoms with van der Waals surface area (Å²) in [5.41, 5.74) is 0. The molecule has 0 spiro atoms. The summed E-state index contributed by atoms with van der Waals surface area (Å²) in [5, 5.41) is 0.558. The first-order valence-electron chi connectivity index (χ1n) is 5.13. The summed E-state index contributed by atoms with van der Waals surface area (Å²) in [4.78, 5) is 5.79. The molecule has 0 atom stereocenters. The van der Waals surface area contributed by atoms with Crippen molar-refractivity contribution in [1.82, 2.24) is 9.36 Å². The highest BCUT2D eigenvalue weighted by molar-refractivity contribution is 7.09. The number of rotatable bonds is 6. The molecule has 0 radical (unpaired) electrons. The van der Waals surface area contributed by atoms with Crippen LogP contribution in [0.15, 0.2) is 0 Å². The van der Waals surface area contributed by atoms with E-state index in [9.17, 15) is 8.78 Å². The van der Waals surface area contributed by atoms with E-state index in [0.717, 1.165) is 18.7 Å². The lowest BCUT2D eigenvalue weighted by Crippen LogP contribution is -2.30. The maximum absolute atomic E-state index is 12.3. The Bertz CT molecular complexity index is 343. The second kappa shape index (κ2) is 5.23. The van der Waals surface area contributed by atoms with E-state index in [-0.39, 0.29) is 6.54 Å². The van der Waals surface area contributed by atoms with Crippen LogP contribution in [-0.2, 0) is 0 Å². The van der Waals surface area contributed by atoms with E-state index in [0.29, 0.717) is 23.5 Å². The van der Waals surface area contributed by atoms with Crippen LogP contribution in [0.1, 0.15) is 24.6 Å². The van der Waals surface area contributed by atoms with Crippen molar-refractivity contribution < 1.29 is 8.78 Å². The van der Waals surface area contributed by atoms with E-state index in [2.05, 4.69) is 9.36 Å². The fraction of sp³-hybridized carbons (Fsp3) is 0.778. The van der Waals surface area contributed by atoms with Crippen LogP contribution < -0.4 is 4.90 Å². The molecule has 1 aromatic rings. The highest BCUT2D eigenvalue weighted by atomic mass is 35.5. The summed E-state index contributed by atoms with van der Waals surface area (Å²) in [6.45, 7) is 0.0528. The molecule has 2 rings (SSSR count). The normalized spacial score (nSPS) is 15.8. The topological polar surface area (TPSA) is 29.0 Å². The smallest absolute Gasteiger partial charge is 0.255 e. The van der Waals surface area contributed by atoms with Gasteiger partial charge in [0.2, 0.25) is 5.13 Å². The van der Waals surface area contributed by atoms with Crippen LogP contribution in [-0.4, -0.2) is 34.8 Å². The van der Waals surface area contributed by atoms with Gasteiger partial charge in [-0.2, -0.15) is 4.37 Å². The number of hydrogen-bond donors (Lipinski definition) is 0. The van der Waals surface area contributed by atoms with Crippen molar-refractivity contribution in [3.8, 4) is 0 Å². The second-order valence-electron chi connectivity index (χ2n) is 3.74. The first kappa shape index (κ1) is 12.0. The van der Waals surface area contributed by atoms with Crippen LogP contribution >= 0.6 is 23.1 Å². The zero-order valence-electron chi connectivity index (χ0n) is 8.57. The maximum Gasteiger partial charge on any atom is 0.255 e. The molecule has 1 fully saturated rings. The molecule has 90 valence electrons. The lowest BCUT2D eigenvalue weighted by atomic mass is 10.4. The summed E-state index contributed by atoms with van der Waals surface area (Å²) >= 11 is 6.76. The number of nitrogens with zero attached hydrogens (tertiary/aromatic N) is 3. The predicted molar refractivity (Wildman–Crippen MR) is 60.8 cm³/mol. The number of anilines is 1. The van der Waals surface area contributed by atoms with Gasteiger partial charge in [0.1, 0.15) is 5.82 Å². The Kier molecular flexibility index (Phi) is 3.91. The van der Waals surface area contributed by atoms with E-state index >= 15 is 0 Å². The van der Waals surface area contributed by atoms with E-state index in [4.69, 9.17) is 11.6 Å². The van der Waals surface area contributed by atoms with Gasteiger partial charge >= 0.3 is 0 Å². The number of hydrogen-bond acceptors (Lipinski definition) is 4. The standard InChI is InChI=1S/C9H12ClF2N3S/c10-3-4-15(5-7(11)12)9-13-8(14-16-9)6-1-2-6/h6-7H,1-5H2. The molecule has 1 heterocycles. The lowest BCUT2D eigenvalue weighted by molar-refractivity contribution is 0.155. The average molecular weight is 268 g/mol. The second-order valence-corrected chi connectivity index (χ2v) is 4.84. The van der Waals surface area contributed by atoms with Crippen LogP contribution in [0.2, 0.25) is 0 Å². The molecular weight excluding hydrogens is 256 g/mol. The third kappa shape index (κ3) is 3.01. The van der Waals surface area contributed by atoms with Crippen molar-refractivity contribution in [2.24, 2.45) is 0 Å². The Morgan fingerprint density at radius 2 is 2.25 bits per heavy atom. The van der Waals surface area contributed by atoms with Crippen LogP contribution in [0.5, 0.6) is 0 Å². The Labute approximate surface area is 102 Å². The molecule has 3 nitrogen and oxygen atoms in total. The van der Waals surface area contributed by atoms with Gasteiger partial charge in [0.05, 0.1) is 6.54 Å². The molecule has 0 aromatic carbocycles. The Morgan fingerprint density at radius 3 is 2.81 bits per heavy atom. The van der Waals surface area contributed by atoms with Gasteiger partial charge < -0.3 is 4.90 Å². The minimum Gasteiger partial charge on any atom is -0.340 e. The molecule has 16 heavy (non-hydrogen) atoms. The van der Waals surface area contributed by atoms with Gasteiger partial charge in [-0.15, -0.1) is 11.6 Å². The zero-order chi connectivity index (χ0) is 11.5. The molecule has 0 saturated heterocycles. The van der Waals surface area contributed by atoms with Gasteiger partial charge in [0.25, 0.3) is 6.43 Å². The summed E-state index contributed by atoms with van der Waals surface area (Å²) < 4.78 is 28.9. The molecular formula is C9H12ClF2N3S. The number of alkyl halides is 3. The highest BCUT2D eigenvalue weighted by Gasteiger charge is 2.28. The van der Waals surface area contributed by atoms with Crippen molar-refractivity contribution in [3.63, 3.8) is 0 Å². The maximum atomic E-state index is 12.3. The molecule has 1 aliphatic rings. The molecule has 0 amide bonds. The summed E-state index contributed by atoms with van der Waals surface area (Å²) in [6.07, 6.45) is -0.155. The molecule has 1 aromatic heterocycles. The minimum absolute atomic E-state index is 0.311. The van der Waals surface area contributed by atoms with Gasteiger partial charge in [-0.25, -0.2) is 13.8 Å². The molecule has 1 saturated carbocycles. The van der Waals surface area contributed by atoms with E-state index < -0.39 is 6.43 Å². The summed E-state index contributed by atoms with van der Waals surface area (Å²) in [6, 6.07) is 0. The third-order valence-corrected chi connectivity index (χ3v) is 3.32. The highest BCUT2D eigenvalue weighted by Crippen LogP contribution is 2.39. The molecule has 0 N–H and O–H groups in total. The average Bonchev–Trinajstić information content (AvgIpc) is 2.96. The van der Waals surface area contributed by atoms with E-state index in [1.54, 1.807) is 0 Å². The predicted octanol–water partition coefficient (Wildman–Crippen LogP) is 2.73. The van der Waals surface area contributed by atoms with Gasteiger partial charge in [-0.1, -0.05) is 0 Å². The van der Waals surface area contributed by atoms with Gasteiger partial charge in [-0.05, 0) is 12.8 Å². The largest absolute Gasteiger partial charge is 0.340 e. The van der Waals surface area contributed by atoms with Crippen molar-refractivity contribution in [1.29, 1.82) is 0 Å². The Hall–Kier alpha value is -0.490. The fourth-order valence-electron chi connectivity index (χ4n) is 1.40. The fourth-order valence-corrected chi connectivity index (χ4v) is 2.38. The number of halogens is 3. The number of aromatic nitrogens is 2. The van der Waals surface area contributed by atoms with E-state index in [1.807, 2.05) is 0 Å². The van der Waals surface area contributed by atoms with Crippen LogP contribution in [0, 0.1) is 0 Å². The molecule has 7 heteroatoms. The van der Waals surface area contributed by atoms with Crippen LogP contribution in [0.25, 0.3) is 0 Å². The van der Waals surface area contributed by atoms with Gasteiger partial charge in [0.15, 0.2) is 0 Å². The Balaban J connectivity index is 2.04. The summed E-state index contributed by atoms with van der Waals surface area (Å²) in [7, 11) is 0. The van der Waals surface area contributed by atoms with Crippen LogP contribution in [0.4, 0.5) is 13.9 Å². The van der Waals surface area contributed by atoms with Crippen molar-refractivity contribution in [3.05, 3.63) is 5.82 Å². The lowest BCUT2D eigenvalue weighted by Gasteiger charge is -2.19. The van der Waals surface area contributed by atoms with Crippen molar-refractivity contribution in [2.75, 3.05) is 23.9 Å². The molecule has 0 bridgehead atoms. The van der Waals surface area contributed by atoms with Gasteiger partial charge in [-0.3, -0.25) is 0 Å². The Morgan fingerprint density at radius 1 is 1.50 bits per heavy atom. The molecule has 0 unspecified atom stereocenters. The van der Waals surface area contributed by atoms with Crippen LogP contribution in [0.3, 0.4) is 0 Å². The third-order valence-electron chi connectivity index (χ3n) is 2.36. The van der Waals surface area contributed by atoms with E-state index in [1.165, 1.54) is 16.4 Å². The minimum atomic E-state index is -2.38. The zero-order valence-corrected chi connectivity index (χ0v) is 10.1. The first-order chi connectivity index (χ1) is 7.70. The quantitative estimate of drug-likeness (QED) is 0.742. The van der Waals surface area contributed by atoms with Crippen molar-refractivity contribution in [2.45, 2.75) is 25.2 Å². The monoisotopic (exact) mass is 267 g/mol. The van der Waals surface area contributed by atoms with Gasteiger partial charge in [0, 0.05) is 29.9 Å². The van der Waals surface area contributed by atoms with Crippen molar-refractivity contribution >= 4 is 28.3 Å². The summed E-state index contributed by atoms with van der Waals surface area (Å²) in [5.74, 6) is 1.56. The molecule has 1 aliphatic carbocycles. The SMILES string of the molecule is FC(F)CN(CCCl)c1nc(C2CC2)ns1. The first-order valence-corrected chi connectivity index (χ1v) is 6.44.